The van der Waals surface area contributed by atoms with Crippen molar-refractivity contribution < 1.29 is 14.3 Å². The Balaban J connectivity index is 1.49. The SMILES string of the molecule is CCCCCCC(C)Oc1ccccc1C(=O)Oc1cccc2c3ccccc3c3ccccc3c12. The highest BCUT2D eigenvalue weighted by molar-refractivity contribution is 6.27. The molecule has 0 aliphatic rings. The molecule has 5 rings (SSSR count). The molecule has 3 nitrogen and oxygen atoms in total. The van der Waals surface area contributed by atoms with Gasteiger partial charge in [0.2, 0.25) is 0 Å². The largest absolute Gasteiger partial charge is 0.490 e. The summed E-state index contributed by atoms with van der Waals surface area (Å²) in [5.41, 5.74) is 0.444. The third-order valence-electron chi connectivity index (χ3n) is 6.83. The molecule has 3 heteroatoms. The second kappa shape index (κ2) is 10.8. The fourth-order valence-electron chi connectivity index (χ4n) is 5.03. The van der Waals surface area contributed by atoms with Gasteiger partial charge in [-0.2, -0.15) is 0 Å². The van der Waals surface area contributed by atoms with Crippen LogP contribution in [0.4, 0.5) is 0 Å². The van der Waals surface area contributed by atoms with E-state index in [1.807, 2.05) is 48.5 Å². The molecule has 0 heterocycles. The van der Waals surface area contributed by atoms with Crippen LogP contribution in [-0.4, -0.2) is 12.1 Å². The molecule has 5 aromatic carbocycles. The smallest absolute Gasteiger partial charge is 0.347 e. The standard InChI is InChI=1S/C33H32O3/c1-3-4-5-6-14-23(2)35-30-21-12-11-19-29(30)33(34)36-31-22-13-20-28-26-16-8-7-15-24(26)25-17-9-10-18-27(25)32(28)31/h7-13,15-23H,3-6,14H2,1-2H3. The molecule has 1 unspecified atom stereocenters. The summed E-state index contributed by atoms with van der Waals surface area (Å²) in [6, 6.07) is 30.0. The first-order valence-electron chi connectivity index (χ1n) is 13.0. The van der Waals surface area contributed by atoms with Crippen molar-refractivity contribution in [1.82, 2.24) is 0 Å². The van der Waals surface area contributed by atoms with Gasteiger partial charge < -0.3 is 9.47 Å². The Morgan fingerprint density at radius 2 is 1.22 bits per heavy atom. The molecule has 0 aliphatic heterocycles. The van der Waals surface area contributed by atoms with Crippen LogP contribution < -0.4 is 9.47 Å². The number of carbonyl (C=O) groups is 1. The van der Waals surface area contributed by atoms with Crippen LogP contribution in [0.15, 0.2) is 91.0 Å². The van der Waals surface area contributed by atoms with Crippen molar-refractivity contribution >= 4 is 38.3 Å². The Hall–Kier alpha value is -3.85. The van der Waals surface area contributed by atoms with E-state index in [2.05, 4.69) is 50.2 Å². The van der Waals surface area contributed by atoms with E-state index in [0.29, 0.717) is 17.1 Å². The van der Waals surface area contributed by atoms with Gasteiger partial charge in [0.25, 0.3) is 0 Å². The zero-order valence-electron chi connectivity index (χ0n) is 21.0. The number of para-hydroxylation sites is 1. The summed E-state index contributed by atoms with van der Waals surface area (Å²) in [4.78, 5) is 13.5. The van der Waals surface area contributed by atoms with Crippen molar-refractivity contribution in [2.24, 2.45) is 0 Å². The molecule has 0 bridgehead atoms. The third-order valence-corrected chi connectivity index (χ3v) is 6.83. The maximum atomic E-state index is 13.5. The van der Waals surface area contributed by atoms with Crippen molar-refractivity contribution in [2.75, 3.05) is 0 Å². The summed E-state index contributed by atoms with van der Waals surface area (Å²) < 4.78 is 12.3. The van der Waals surface area contributed by atoms with Crippen LogP contribution in [0.25, 0.3) is 32.3 Å². The average Bonchev–Trinajstić information content (AvgIpc) is 2.91. The van der Waals surface area contributed by atoms with Crippen LogP contribution in [0.3, 0.4) is 0 Å². The number of hydrogen-bond acceptors (Lipinski definition) is 3. The minimum atomic E-state index is -0.409. The van der Waals surface area contributed by atoms with E-state index >= 15 is 0 Å². The van der Waals surface area contributed by atoms with Gasteiger partial charge in [0.15, 0.2) is 0 Å². The zero-order valence-corrected chi connectivity index (χ0v) is 21.0. The minimum Gasteiger partial charge on any atom is -0.490 e. The predicted molar refractivity (Wildman–Crippen MR) is 149 cm³/mol. The molecular weight excluding hydrogens is 444 g/mol. The van der Waals surface area contributed by atoms with E-state index in [1.54, 1.807) is 6.07 Å². The maximum absolute atomic E-state index is 13.5. The van der Waals surface area contributed by atoms with Crippen molar-refractivity contribution in [3.8, 4) is 11.5 Å². The number of carbonyl (C=O) groups excluding carboxylic acids is 1. The topological polar surface area (TPSA) is 35.5 Å². The first kappa shape index (κ1) is 23.9. The van der Waals surface area contributed by atoms with Crippen LogP contribution in [0.1, 0.15) is 56.3 Å². The van der Waals surface area contributed by atoms with Crippen molar-refractivity contribution in [1.29, 1.82) is 0 Å². The van der Waals surface area contributed by atoms with E-state index in [0.717, 1.165) is 39.8 Å². The molecule has 0 aromatic heterocycles. The third kappa shape index (κ3) is 4.79. The highest BCUT2D eigenvalue weighted by Crippen LogP contribution is 2.39. The second-order valence-electron chi connectivity index (χ2n) is 9.43. The van der Waals surface area contributed by atoms with Gasteiger partial charge in [-0.25, -0.2) is 4.79 Å². The average molecular weight is 477 g/mol. The molecule has 182 valence electrons. The van der Waals surface area contributed by atoms with Crippen LogP contribution in [-0.2, 0) is 0 Å². The van der Waals surface area contributed by atoms with E-state index in [4.69, 9.17) is 9.47 Å². The van der Waals surface area contributed by atoms with E-state index in [-0.39, 0.29) is 6.10 Å². The fourth-order valence-corrected chi connectivity index (χ4v) is 5.03. The lowest BCUT2D eigenvalue weighted by Crippen LogP contribution is -2.16. The molecule has 0 N–H and O–H groups in total. The van der Waals surface area contributed by atoms with Crippen molar-refractivity contribution in [3.63, 3.8) is 0 Å². The Labute approximate surface area is 212 Å². The molecule has 5 aromatic rings. The van der Waals surface area contributed by atoms with Gasteiger partial charge in [0.1, 0.15) is 17.1 Å². The van der Waals surface area contributed by atoms with Gasteiger partial charge in [-0.05, 0) is 64.9 Å². The van der Waals surface area contributed by atoms with Gasteiger partial charge in [-0.3, -0.25) is 0 Å². The first-order chi connectivity index (χ1) is 17.7. The molecule has 0 fully saturated rings. The summed E-state index contributed by atoms with van der Waals surface area (Å²) in [6.07, 6.45) is 5.78. The predicted octanol–water partition coefficient (Wildman–Crippen LogP) is 9.10. The van der Waals surface area contributed by atoms with Crippen LogP contribution in [0.5, 0.6) is 11.5 Å². The molecule has 0 radical (unpaired) electrons. The summed E-state index contributed by atoms with van der Waals surface area (Å²) in [6.45, 7) is 4.28. The van der Waals surface area contributed by atoms with Gasteiger partial charge >= 0.3 is 5.97 Å². The maximum Gasteiger partial charge on any atom is 0.347 e. The molecule has 0 saturated heterocycles. The summed E-state index contributed by atoms with van der Waals surface area (Å²) in [7, 11) is 0. The molecule has 0 spiro atoms. The lowest BCUT2D eigenvalue weighted by atomic mass is 9.94. The van der Waals surface area contributed by atoms with Crippen LogP contribution in [0.2, 0.25) is 0 Å². The highest BCUT2D eigenvalue weighted by atomic mass is 16.5. The molecule has 36 heavy (non-hydrogen) atoms. The van der Waals surface area contributed by atoms with Crippen LogP contribution >= 0.6 is 0 Å². The van der Waals surface area contributed by atoms with Gasteiger partial charge in [-0.1, -0.05) is 99.0 Å². The quantitative estimate of drug-likeness (QED) is 0.0921. The number of hydrogen-bond donors (Lipinski definition) is 0. The number of rotatable bonds is 9. The molecule has 1 atom stereocenters. The van der Waals surface area contributed by atoms with Gasteiger partial charge in [0, 0.05) is 5.39 Å². The Morgan fingerprint density at radius 3 is 1.92 bits per heavy atom. The number of ether oxygens (including phenoxy) is 2. The summed E-state index contributed by atoms with van der Waals surface area (Å²) in [5, 5.41) is 6.56. The van der Waals surface area contributed by atoms with E-state index in [1.165, 1.54) is 24.6 Å². The van der Waals surface area contributed by atoms with E-state index < -0.39 is 5.97 Å². The second-order valence-corrected chi connectivity index (χ2v) is 9.43. The number of benzene rings is 5. The van der Waals surface area contributed by atoms with Gasteiger partial charge in [0.05, 0.1) is 6.10 Å². The first-order valence-corrected chi connectivity index (χ1v) is 13.0. The lowest BCUT2D eigenvalue weighted by molar-refractivity contribution is 0.0729. The Kier molecular flexibility index (Phi) is 7.18. The number of unbranched alkanes of at least 4 members (excludes halogenated alkanes) is 3. The van der Waals surface area contributed by atoms with E-state index in [9.17, 15) is 4.79 Å². The number of fused-ring (bicyclic) bond motifs is 6. The summed E-state index contributed by atoms with van der Waals surface area (Å²) >= 11 is 0. The molecule has 0 aliphatic carbocycles. The molecular formula is C33H32O3. The normalized spacial score (nSPS) is 12.2. The minimum absolute atomic E-state index is 0.0312. The highest BCUT2D eigenvalue weighted by Gasteiger charge is 2.19. The molecule has 0 saturated carbocycles. The van der Waals surface area contributed by atoms with Gasteiger partial charge in [-0.15, -0.1) is 0 Å². The Bertz CT molecular complexity index is 1470. The monoisotopic (exact) mass is 476 g/mol. The Morgan fingerprint density at radius 1 is 0.667 bits per heavy atom. The fraction of sp³-hybridized carbons (Fsp3) is 0.242. The van der Waals surface area contributed by atoms with Crippen LogP contribution in [0, 0.1) is 0 Å². The van der Waals surface area contributed by atoms with Crippen molar-refractivity contribution in [2.45, 2.75) is 52.1 Å². The zero-order chi connectivity index (χ0) is 24.9. The lowest BCUT2D eigenvalue weighted by Gasteiger charge is -2.18. The molecule has 0 amide bonds. The number of esters is 1. The summed E-state index contributed by atoms with van der Waals surface area (Å²) in [5.74, 6) is 0.719. The van der Waals surface area contributed by atoms with Crippen molar-refractivity contribution in [3.05, 3.63) is 96.6 Å².